The summed E-state index contributed by atoms with van der Waals surface area (Å²) in [6, 6.07) is 0.431. The van der Waals surface area contributed by atoms with Crippen LogP contribution >= 0.6 is 0 Å². The van der Waals surface area contributed by atoms with E-state index in [1.165, 1.54) is 0 Å². The number of carbonyl (C=O) groups excluding carboxylic acids is 1. The molecule has 0 heterocycles. The maximum Gasteiger partial charge on any atom is 0.220 e. The summed E-state index contributed by atoms with van der Waals surface area (Å²) in [5.74, 6) is 1.93. The van der Waals surface area contributed by atoms with E-state index in [2.05, 4.69) is 26.1 Å². The summed E-state index contributed by atoms with van der Waals surface area (Å²) in [7, 11) is 0. The molecule has 0 aromatic carbocycles. The molecule has 1 atom stereocenters. The summed E-state index contributed by atoms with van der Waals surface area (Å²) in [4.78, 5) is 11.7. The van der Waals surface area contributed by atoms with Gasteiger partial charge in [-0.15, -0.1) is 0 Å². The van der Waals surface area contributed by atoms with E-state index in [0.29, 0.717) is 30.8 Å². The summed E-state index contributed by atoms with van der Waals surface area (Å²) in [5, 5.41) is 3.09. The number of rotatable bonds is 6. The van der Waals surface area contributed by atoms with E-state index < -0.39 is 0 Å². The fourth-order valence-corrected chi connectivity index (χ4v) is 2.50. The predicted molar refractivity (Wildman–Crippen MR) is 66.9 cm³/mol. The summed E-state index contributed by atoms with van der Waals surface area (Å²) in [6.07, 6.45) is 3.93. The van der Waals surface area contributed by atoms with E-state index in [1.807, 2.05) is 0 Å². The van der Waals surface area contributed by atoms with E-state index in [1.54, 1.807) is 0 Å². The first-order valence-corrected chi connectivity index (χ1v) is 6.50. The van der Waals surface area contributed by atoms with Crippen molar-refractivity contribution in [2.24, 2.45) is 23.5 Å². The molecule has 0 aliphatic heterocycles. The first-order valence-electron chi connectivity index (χ1n) is 6.50. The molecule has 0 bridgehead atoms. The molecule has 3 N–H and O–H groups in total. The van der Waals surface area contributed by atoms with Crippen molar-refractivity contribution in [2.45, 2.75) is 52.5 Å². The number of nitrogens with two attached hydrogens (primary N) is 1. The average molecular weight is 226 g/mol. The van der Waals surface area contributed by atoms with Crippen LogP contribution < -0.4 is 11.1 Å². The minimum Gasteiger partial charge on any atom is -0.353 e. The van der Waals surface area contributed by atoms with Crippen molar-refractivity contribution >= 4 is 5.91 Å². The Bertz CT molecular complexity index is 222. The standard InChI is InChI=1S/C13H26N2O/c1-9(2)4-11(8-14)7-13(16)15-12-5-10(3)6-12/h9-12H,4-8,14H2,1-3H3,(H,15,16)/t10?,11-,12?/m0/s1. The summed E-state index contributed by atoms with van der Waals surface area (Å²) in [6.45, 7) is 7.19. The minimum absolute atomic E-state index is 0.188. The van der Waals surface area contributed by atoms with E-state index in [4.69, 9.17) is 5.73 Å². The molecule has 1 saturated carbocycles. The highest BCUT2D eigenvalue weighted by molar-refractivity contribution is 5.76. The Balaban J connectivity index is 2.20. The predicted octanol–water partition coefficient (Wildman–Crippen LogP) is 1.91. The number of hydrogen-bond acceptors (Lipinski definition) is 2. The molecule has 3 nitrogen and oxygen atoms in total. The van der Waals surface area contributed by atoms with Crippen LogP contribution in [0.15, 0.2) is 0 Å². The molecule has 0 spiro atoms. The van der Waals surface area contributed by atoms with Crippen molar-refractivity contribution in [3.63, 3.8) is 0 Å². The maximum absolute atomic E-state index is 11.7. The van der Waals surface area contributed by atoms with Crippen LogP contribution in [-0.4, -0.2) is 18.5 Å². The van der Waals surface area contributed by atoms with Crippen molar-refractivity contribution < 1.29 is 4.79 Å². The largest absolute Gasteiger partial charge is 0.353 e. The Morgan fingerprint density at radius 1 is 1.44 bits per heavy atom. The van der Waals surface area contributed by atoms with Crippen LogP contribution in [0.2, 0.25) is 0 Å². The van der Waals surface area contributed by atoms with Gasteiger partial charge < -0.3 is 11.1 Å². The van der Waals surface area contributed by atoms with Gasteiger partial charge in [-0.25, -0.2) is 0 Å². The molecule has 1 rings (SSSR count). The molecule has 94 valence electrons. The molecule has 1 aliphatic rings. The van der Waals surface area contributed by atoms with E-state index in [-0.39, 0.29) is 5.91 Å². The molecule has 3 heteroatoms. The van der Waals surface area contributed by atoms with Gasteiger partial charge in [-0.3, -0.25) is 4.79 Å². The van der Waals surface area contributed by atoms with Gasteiger partial charge in [-0.2, -0.15) is 0 Å². The van der Waals surface area contributed by atoms with Gasteiger partial charge in [0, 0.05) is 12.5 Å². The second kappa shape index (κ2) is 6.24. The van der Waals surface area contributed by atoms with Crippen LogP contribution in [0.1, 0.15) is 46.5 Å². The Hall–Kier alpha value is -0.570. The molecule has 0 aromatic heterocycles. The van der Waals surface area contributed by atoms with E-state index in [9.17, 15) is 4.79 Å². The van der Waals surface area contributed by atoms with Crippen molar-refractivity contribution in [1.82, 2.24) is 5.32 Å². The zero-order valence-electron chi connectivity index (χ0n) is 10.8. The molecule has 0 unspecified atom stereocenters. The summed E-state index contributed by atoms with van der Waals surface area (Å²) in [5.41, 5.74) is 5.69. The molecular weight excluding hydrogens is 200 g/mol. The highest BCUT2D eigenvalue weighted by atomic mass is 16.1. The fourth-order valence-electron chi connectivity index (χ4n) is 2.50. The van der Waals surface area contributed by atoms with Crippen LogP contribution in [0, 0.1) is 17.8 Å². The molecule has 16 heavy (non-hydrogen) atoms. The highest BCUT2D eigenvalue weighted by Crippen LogP contribution is 2.26. The topological polar surface area (TPSA) is 55.1 Å². The zero-order chi connectivity index (χ0) is 12.1. The van der Waals surface area contributed by atoms with Gasteiger partial charge >= 0.3 is 0 Å². The molecule has 0 saturated heterocycles. The third-order valence-electron chi connectivity index (χ3n) is 3.35. The van der Waals surface area contributed by atoms with Crippen LogP contribution in [0.3, 0.4) is 0 Å². The Kier molecular flexibility index (Phi) is 5.26. The smallest absolute Gasteiger partial charge is 0.220 e. The number of carbonyl (C=O) groups is 1. The van der Waals surface area contributed by atoms with Crippen molar-refractivity contribution in [2.75, 3.05) is 6.54 Å². The average Bonchev–Trinajstić information content (AvgIpc) is 2.13. The lowest BCUT2D eigenvalue weighted by Crippen LogP contribution is -2.44. The quantitative estimate of drug-likeness (QED) is 0.727. The first-order chi connectivity index (χ1) is 7.51. The van der Waals surface area contributed by atoms with Crippen LogP contribution in [0.4, 0.5) is 0 Å². The summed E-state index contributed by atoms with van der Waals surface area (Å²) < 4.78 is 0. The SMILES string of the molecule is CC(C)C[C@H](CN)CC(=O)NC1CC(C)C1. The number of nitrogens with one attached hydrogen (secondary N) is 1. The van der Waals surface area contributed by atoms with Crippen LogP contribution in [0.5, 0.6) is 0 Å². The van der Waals surface area contributed by atoms with Gasteiger partial charge in [-0.1, -0.05) is 20.8 Å². The van der Waals surface area contributed by atoms with Crippen molar-refractivity contribution in [3.8, 4) is 0 Å². The van der Waals surface area contributed by atoms with Gasteiger partial charge in [0.05, 0.1) is 0 Å². The van der Waals surface area contributed by atoms with Gasteiger partial charge in [0.25, 0.3) is 0 Å². The molecule has 0 aromatic rings. The van der Waals surface area contributed by atoms with Crippen LogP contribution in [0.25, 0.3) is 0 Å². The Morgan fingerprint density at radius 2 is 2.06 bits per heavy atom. The lowest BCUT2D eigenvalue weighted by atomic mass is 9.81. The number of hydrogen-bond donors (Lipinski definition) is 2. The monoisotopic (exact) mass is 226 g/mol. The van der Waals surface area contributed by atoms with E-state index >= 15 is 0 Å². The lowest BCUT2D eigenvalue weighted by Gasteiger charge is -2.33. The van der Waals surface area contributed by atoms with Crippen LogP contribution in [-0.2, 0) is 4.79 Å². The van der Waals surface area contributed by atoms with E-state index in [0.717, 1.165) is 25.2 Å². The molecular formula is C13H26N2O. The minimum atomic E-state index is 0.188. The molecule has 1 aliphatic carbocycles. The summed E-state index contributed by atoms with van der Waals surface area (Å²) >= 11 is 0. The van der Waals surface area contributed by atoms with Crippen molar-refractivity contribution in [1.29, 1.82) is 0 Å². The Morgan fingerprint density at radius 3 is 2.50 bits per heavy atom. The zero-order valence-corrected chi connectivity index (χ0v) is 10.8. The third-order valence-corrected chi connectivity index (χ3v) is 3.35. The van der Waals surface area contributed by atoms with Gasteiger partial charge in [0.1, 0.15) is 0 Å². The highest BCUT2D eigenvalue weighted by Gasteiger charge is 2.27. The normalized spacial score (nSPS) is 26.3. The molecule has 1 amide bonds. The Labute approximate surface area is 99.2 Å². The molecule has 1 fully saturated rings. The van der Waals surface area contributed by atoms with Crippen molar-refractivity contribution in [3.05, 3.63) is 0 Å². The first kappa shape index (κ1) is 13.5. The second-order valence-corrected chi connectivity index (χ2v) is 5.78. The molecule has 0 radical (unpaired) electrons. The van der Waals surface area contributed by atoms with Gasteiger partial charge in [0.2, 0.25) is 5.91 Å². The van der Waals surface area contributed by atoms with Gasteiger partial charge in [-0.05, 0) is 43.6 Å². The second-order valence-electron chi connectivity index (χ2n) is 5.78. The number of amides is 1. The maximum atomic E-state index is 11.7. The lowest BCUT2D eigenvalue weighted by molar-refractivity contribution is -0.123. The fraction of sp³-hybridized carbons (Fsp3) is 0.923. The third kappa shape index (κ3) is 4.52. The van der Waals surface area contributed by atoms with Gasteiger partial charge in [0.15, 0.2) is 0 Å².